The van der Waals surface area contributed by atoms with Gasteiger partial charge in [-0.1, -0.05) is 11.6 Å². The zero-order valence-corrected chi connectivity index (χ0v) is 10.5. The van der Waals surface area contributed by atoms with Crippen molar-refractivity contribution in [3.8, 4) is 16.9 Å². The molecule has 0 fully saturated rings. The fraction of sp³-hybridized carbons (Fsp3) is 0.0769. The summed E-state index contributed by atoms with van der Waals surface area (Å²) in [6.07, 6.45) is 5.57. The van der Waals surface area contributed by atoms with E-state index in [2.05, 4.69) is 10.2 Å². The maximum Gasteiger partial charge on any atom is 0.0710 e. The van der Waals surface area contributed by atoms with E-state index in [1.165, 1.54) is 0 Å². The summed E-state index contributed by atoms with van der Waals surface area (Å²) in [5, 5.41) is 9.21. The van der Waals surface area contributed by atoms with Crippen molar-refractivity contribution < 1.29 is 0 Å². The van der Waals surface area contributed by atoms with Gasteiger partial charge in [-0.15, -0.1) is 0 Å². The molecule has 0 radical (unpaired) electrons. The van der Waals surface area contributed by atoms with Crippen LogP contribution in [0.5, 0.6) is 0 Å². The Balaban J connectivity index is 1.99. The van der Waals surface area contributed by atoms with Crippen molar-refractivity contribution in [1.82, 2.24) is 19.6 Å². The molecule has 0 bridgehead atoms. The number of hydrogen-bond donors (Lipinski definition) is 0. The first-order chi connectivity index (χ1) is 8.74. The van der Waals surface area contributed by atoms with Crippen LogP contribution in [0.1, 0.15) is 0 Å². The first kappa shape index (κ1) is 11.0. The number of benzene rings is 1. The van der Waals surface area contributed by atoms with Crippen LogP contribution in [0.3, 0.4) is 0 Å². The molecule has 0 saturated carbocycles. The predicted molar refractivity (Wildman–Crippen MR) is 70.8 cm³/mol. The molecule has 0 spiro atoms. The van der Waals surface area contributed by atoms with E-state index in [-0.39, 0.29) is 0 Å². The molecule has 1 aromatic carbocycles. The van der Waals surface area contributed by atoms with Gasteiger partial charge in [-0.25, -0.2) is 4.68 Å². The molecule has 0 saturated heterocycles. The summed E-state index contributed by atoms with van der Waals surface area (Å²) in [4.78, 5) is 0. The molecule has 0 aliphatic rings. The molecule has 0 atom stereocenters. The first-order valence-corrected chi connectivity index (χ1v) is 5.91. The lowest BCUT2D eigenvalue weighted by atomic mass is 10.2. The van der Waals surface area contributed by atoms with E-state index in [9.17, 15) is 0 Å². The van der Waals surface area contributed by atoms with Crippen LogP contribution in [0, 0.1) is 0 Å². The Morgan fingerprint density at radius 2 is 1.83 bits per heavy atom. The average molecular weight is 259 g/mol. The second-order valence-electron chi connectivity index (χ2n) is 3.99. The van der Waals surface area contributed by atoms with Crippen LogP contribution in [0.15, 0.2) is 48.9 Å². The van der Waals surface area contributed by atoms with Gasteiger partial charge >= 0.3 is 0 Å². The molecule has 0 aliphatic heterocycles. The number of aryl methyl sites for hydroxylation is 1. The van der Waals surface area contributed by atoms with Crippen LogP contribution in [-0.4, -0.2) is 19.6 Å². The monoisotopic (exact) mass is 258 g/mol. The van der Waals surface area contributed by atoms with Gasteiger partial charge in [-0.05, 0) is 30.3 Å². The molecule has 0 unspecified atom stereocenters. The lowest BCUT2D eigenvalue weighted by Crippen LogP contribution is -1.94. The minimum absolute atomic E-state index is 0.720. The van der Waals surface area contributed by atoms with Gasteiger partial charge in [0.1, 0.15) is 0 Å². The lowest BCUT2D eigenvalue weighted by Gasteiger charge is -2.00. The van der Waals surface area contributed by atoms with Gasteiger partial charge in [-0.2, -0.15) is 10.2 Å². The van der Waals surface area contributed by atoms with Crippen molar-refractivity contribution in [1.29, 1.82) is 0 Å². The Kier molecular flexibility index (Phi) is 2.64. The SMILES string of the molecule is Cn1nccc1-c1cnn(-c2ccc(Cl)cc2)c1. The lowest BCUT2D eigenvalue weighted by molar-refractivity contribution is 0.776. The van der Waals surface area contributed by atoms with Crippen LogP contribution in [0.2, 0.25) is 5.02 Å². The molecule has 2 aromatic heterocycles. The Morgan fingerprint density at radius 1 is 1.06 bits per heavy atom. The van der Waals surface area contributed by atoms with E-state index < -0.39 is 0 Å². The van der Waals surface area contributed by atoms with E-state index in [1.54, 1.807) is 6.20 Å². The van der Waals surface area contributed by atoms with Gasteiger partial charge in [0.25, 0.3) is 0 Å². The Hall–Kier alpha value is -2.07. The number of hydrogen-bond acceptors (Lipinski definition) is 2. The largest absolute Gasteiger partial charge is 0.268 e. The van der Waals surface area contributed by atoms with Gasteiger partial charge in [0, 0.05) is 30.0 Å². The van der Waals surface area contributed by atoms with Crippen LogP contribution >= 0.6 is 11.6 Å². The molecule has 3 rings (SSSR count). The molecule has 2 heterocycles. The number of nitrogens with zero attached hydrogens (tertiary/aromatic N) is 4. The fourth-order valence-electron chi connectivity index (χ4n) is 1.85. The van der Waals surface area contributed by atoms with Gasteiger partial charge < -0.3 is 0 Å². The second kappa shape index (κ2) is 4.31. The van der Waals surface area contributed by atoms with Crippen LogP contribution in [0.25, 0.3) is 16.9 Å². The van der Waals surface area contributed by atoms with Crippen molar-refractivity contribution in [3.63, 3.8) is 0 Å². The molecule has 3 aromatic rings. The molecule has 0 N–H and O–H groups in total. The maximum atomic E-state index is 5.87. The van der Waals surface area contributed by atoms with Gasteiger partial charge in [0.15, 0.2) is 0 Å². The molecule has 18 heavy (non-hydrogen) atoms. The van der Waals surface area contributed by atoms with Crippen LogP contribution in [-0.2, 0) is 7.05 Å². The molecule has 0 amide bonds. The van der Waals surface area contributed by atoms with Gasteiger partial charge in [0.2, 0.25) is 0 Å². The van der Waals surface area contributed by atoms with Crippen molar-refractivity contribution in [2.24, 2.45) is 7.05 Å². The Morgan fingerprint density at radius 3 is 2.50 bits per heavy atom. The van der Waals surface area contributed by atoms with E-state index in [0.29, 0.717) is 0 Å². The normalized spacial score (nSPS) is 10.8. The van der Waals surface area contributed by atoms with E-state index in [1.807, 2.05) is 59.1 Å². The second-order valence-corrected chi connectivity index (χ2v) is 4.43. The average Bonchev–Trinajstić information content (AvgIpc) is 2.98. The van der Waals surface area contributed by atoms with Gasteiger partial charge in [0.05, 0.1) is 17.6 Å². The summed E-state index contributed by atoms with van der Waals surface area (Å²) in [6, 6.07) is 9.53. The molecule has 4 nitrogen and oxygen atoms in total. The first-order valence-electron chi connectivity index (χ1n) is 5.53. The van der Waals surface area contributed by atoms with E-state index >= 15 is 0 Å². The zero-order chi connectivity index (χ0) is 12.5. The topological polar surface area (TPSA) is 35.6 Å². The van der Waals surface area contributed by atoms with Crippen molar-refractivity contribution in [3.05, 3.63) is 53.9 Å². The molecular formula is C13H11ClN4. The van der Waals surface area contributed by atoms with Gasteiger partial charge in [-0.3, -0.25) is 4.68 Å². The highest BCUT2D eigenvalue weighted by molar-refractivity contribution is 6.30. The third-order valence-corrected chi connectivity index (χ3v) is 3.04. The highest BCUT2D eigenvalue weighted by Crippen LogP contribution is 2.19. The molecule has 90 valence electrons. The zero-order valence-electron chi connectivity index (χ0n) is 9.79. The number of aromatic nitrogens is 4. The van der Waals surface area contributed by atoms with Crippen LogP contribution < -0.4 is 0 Å². The third-order valence-electron chi connectivity index (χ3n) is 2.79. The number of rotatable bonds is 2. The highest BCUT2D eigenvalue weighted by Gasteiger charge is 2.06. The summed E-state index contributed by atoms with van der Waals surface area (Å²) in [7, 11) is 1.91. The van der Waals surface area contributed by atoms with E-state index in [4.69, 9.17) is 11.6 Å². The summed E-state index contributed by atoms with van der Waals surface area (Å²) in [5.74, 6) is 0. The standard InChI is InChI=1S/C13H11ClN4/c1-17-13(6-7-15-17)10-8-16-18(9-10)12-4-2-11(14)3-5-12/h2-9H,1H3. The smallest absolute Gasteiger partial charge is 0.0710 e. The fourth-order valence-corrected chi connectivity index (χ4v) is 1.97. The Labute approximate surface area is 109 Å². The minimum atomic E-state index is 0.720. The maximum absolute atomic E-state index is 5.87. The molecular weight excluding hydrogens is 248 g/mol. The summed E-state index contributed by atoms with van der Waals surface area (Å²) in [6.45, 7) is 0. The summed E-state index contributed by atoms with van der Waals surface area (Å²) < 4.78 is 3.64. The number of halogens is 1. The molecule has 0 aliphatic carbocycles. The Bertz CT molecular complexity index is 666. The van der Waals surface area contributed by atoms with E-state index in [0.717, 1.165) is 22.0 Å². The van der Waals surface area contributed by atoms with Crippen molar-refractivity contribution in [2.75, 3.05) is 0 Å². The predicted octanol–water partition coefficient (Wildman–Crippen LogP) is 2.93. The van der Waals surface area contributed by atoms with Crippen molar-refractivity contribution >= 4 is 11.6 Å². The van der Waals surface area contributed by atoms with Crippen LogP contribution in [0.4, 0.5) is 0 Å². The third kappa shape index (κ3) is 1.91. The quantitative estimate of drug-likeness (QED) is 0.709. The molecule has 5 heteroatoms. The highest BCUT2D eigenvalue weighted by atomic mass is 35.5. The minimum Gasteiger partial charge on any atom is -0.268 e. The summed E-state index contributed by atoms with van der Waals surface area (Å²) in [5.41, 5.74) is 3.05. The van der Waals surface area contributed by atoms with Crippen molar-refractivity contribution in [2.45, 2.75) is 0 Å². The summed E-state index contributed by atoms with van der Waals surface area (Å²) >= 11 is 5.87.